The molecule has 0 fully saturated rings. The molecule has 2 heteroatoms. The number of benzene rings is 1. The van der Waals surface area contributed by atoms with Gasteiger partial charge < -0.3 is 4.74 Å². The number of ether oxygens (including phenoxy) is 1. The van der Waals surface area contributed by atoms with Gasteiger partial charge in [0, 0.05) is 12.5 Å². The van der Waals surface area contributed by atoms with E-state index in [9.17, 15) is 4.79 Å². The van der Waals surface area contributed by atoms with Crippen LogP contribution >= 0.6 is 0 Å². The Hall–Kier alpha value is -1.57. The molecule has 84 valence electrons. The highest BCUT2D eigenvalue weighted by atomic mass is 16.5. The van der Waals surface area contributed by atoms with Crippen LogP contribution in [0, 0.1) is 5.92 Å². The molecule has 0 aromatic heterocycles. The Bertz CT molecular complexity index is 444. The van der Waals surface area contributed by atoms with Crippen molar-refractivity contribution in [2.45, 2.75) is 26.9 Å². The zero-order valence-corrected chi connectivity index (χ0v) is 9.86. The SMILES string of the molecule is CC(=O)OC1C(C(C)C)=Cc2ccccc21. The first-order chi connectivity index (χ1) is 7.59. The molecule has 0 amide bonds. The second-order valence-corrected chi connectivity index (χ2v) is 4.42. The maximum atomic E-state index is 11.1. The first-order valence-corrected chi connectivity index (χ1v) is 5.57. The van der Waals surface area contributed by atoms with E-state index in [4.69, 9.17) is 4.74 Å². The molecule has 1 aliphatic rings. The third kappa shape index (κ3) is 1.87. The smallest absolute Gasteiger partial charge is 0.303 e. The zero-order chi connectivity index (χ0) is 11.7. The van der Waals surface area contributed by atoms with Gasteiger partial charge in [0.15, 0.2) is 0 Å². The van der Waals surface area contributed by atoms with Crippen molar-refractivity contribution in [2.75, 3.05) is 0 Å². The Morgan fingerprint density at radius 1 is 1.31 bits per heavy atom. The number of carbonyl (C=O) groups excluding carboxylic acids is 1. The average Bonchev–Trinajstić information content (AvgIpc) is 2.57. The predicted molar refractivity (Wildman–Crippen MR) is 63.8 cm³/mol. The molecule has 0 spiro atoms. The van der Waals surface area contributed by atoms with Crippen molar-refractivity contribution in [3.63, 3.8) is 0 Å². The third-order valence-corrected chi connectivity index (χ3v) is 2.85. The molecule has 0 saturated heterocycles. The first-order valence-electron chi connectivity index (χ1n) is 5.57. The summed E-state index contributed by atoms with van der Waals surface area (Å²) < 4.78 is 5.40. The predicted octanol–water partition coefficient (Wildman–Crippen LogP) is 3.34. The van der Waals surface area contributed by atoms with E-state index in [1.54, 1.807) is 0 Å². The van der Waals surface area contributed by atoms with Crippen LogP contribution in [-0.4, -0.2) is 5.97 Å². The number of hydrogen-bond donors (Lipinski definition) is 0. The molecule has 1 atom stereocenters. The first kappa shape index (κ1) is 10.9. The van der Waals surface area contributed by atoms with Gasteiger partial charge in [-0.2, -0.15) is 0 Å². The zero-order valence-electron chi connectivity index (χ0n) is 9.86. The van der Waals surface area contributed by atoms with E-state index in [0.29, 0.717) is 5.92 Å². The van der Waals surface area contributed by atoms with Gasteiger partial charge in [-0.15, -0.1) is 0 Å². The molecule has 1 aromatic carbocycles. The molecule has 0 aliphatic heterocycles. The minimum atomic E-state index is -0.228. The van der Waals surface area contributed by atoms with Gasteiger partial charge in [0.1, 0.15) is 6.10 Å². The van der Waals surface area contributed by atoms with Crippen molar-refractivity contribution in [1.82, 2.24) is 0 Å². The second kappa shape index (κ2) is 4.12. The largest absolute Gasteiger partial charge is 0.453 e. The molecule has 1 aromatic rings. The number of hydrogen-bond acceptors (Lipinski definition) is 2. The standard InChI is InChI=1S/C14H16O2/c1-9(2)13-8-11-6-4-5-7-12(11)14(13)16-10(3)15/h4-9,14H,1-3H3. The van der Waals surface area contributed by atoms with Crippen molar-refractivity contribution in [1.29, 1.82) is 0 Å². The molecular formula is C14H16O2. The summed E-state index contributed by atoms with van der Waals surface area (Å²) in [4.78, 5) is 11.1. The lowest BCUT2D eigenvalue weighted by Crippen LogP contribution is -2.11. The summed E-state index contributed by atoms with van der Waals surface area (Å²) >= 11 is 0. The summed E-state index contributed by atoms with van der Waals surface area (Å²) in [5, 5.41) is 0. The maximum Gasteiger partial charge on any atom is 0.303 e. The third-order valence-electron chi connectivity index (χ3n) is 2.85. The van der Waals surface area contributed by atoms with Crippen molar-refractivity contribution < 1.29 is 9.53 Å². The average molecular weight is 216 g/mol. The summed E-state index contributed by atoms with van der Waals surface area (Å²) in [6.45, 7) is 5.70. The van der Waals surface area contributed by atoms with Gasteiger partial charge in [-0.25, -0.2) is 0 Å². The molecule has 0 radical (unpaired) electrons. The monoisotopic (exact) mass is 216 g/mol. The lowest BCUT2D eigenvalue weighted by atomic mass is 9.98. The van der Waals surface area contributed by atoms with Crippen LogP contribution in [0.2, 0.25) is 0 Å². The summed E-state index contributed by atoms with van der Waals surface area (Å²) in [7, 11) is 0. The summed E-state index contributed by atoms with van der Waals surface area (Å²) in [6.07, 6.45) is 1.95. The molecule has 2 rings (SSSR count). The van der Waals surface area contributed by atoms with Crippen molar-refractivity contribution in [3.05, 3.63) is 41.0 Å². The van der Waals surface area contributed by atoms with Crippen LogP contribution in [0.5, 0.6) is 0 Å². The number of carbonyl (C=O) groups is 1. The number of rotatable bonds is 2. The quantitative estimate of drug-likeness (QED) is 0.709. The maximum absolute atomic E-state index is 11.1. The molecule has 0 bridgehead atoms. The van der Waals surface area contributed by atoms with Crippen molar-refractivity contribution >= 4 is 12.0 Å². The minimum Gasteiger partial charge on any atom is -0.453 e. The fraction of sp³-hybridized carbons (Fsp3) is 0.357. The Morgan fingerprint density at radius 3 is 2.62 bits per heavy atom. The van der Waals surface area contributed by atoms with Crippen LogP contribution in [0.25, 0.3) is 6.08 Å². The van der Waals surface area contributed by atoms with Crippen LogP contribution in [0.4, 0.5) is 0 Å². The van der Waals surface area contributed by atoms with E-state index < -0.39 is 0 Å². The Kier molecular flexibility index (Phi) is 2.82. The van der Waals surface area contributed by atoms with Gasteiger partial charge in [0.25, 0.3) is 0 Å². The number of fused-ring (bicyclic) bond motifs is 1. The molecule has 1 aliphatic carbocycles. The minimum absolute atomic E-state index is 0.186. The fourth-order valence-corrected chi connectivity index (χ4v) is 2.08. The lowest BCUT2D eigenvalue weighted by molar-refractivity contribution is -0.145. The van der Waals surface area contributed by atoms with Gasteiger partial charge in [0.05, 0.1) is 0 Å². The molecule has 1 unspecified atom stereocenters. The van der Waals surface area contributed by atoms with Crippen molar-refractivity contribution in [2.24, 2.45) is 5.92 Å². The molecule has 2 nitrogen and oxygen atoms in total. The van der Waals surface area contributed by atoms with Crippen LogP contribution in [0.3, 0.4) is 0 Å². The van der Waals surface area contributed by atoms with Gasteiger partial charge in [-0.05, 0) is 17.1 Å². The Labute approximate surface area is 95.9 Å². The van der Waals surface area contributed by atoms with Gasteiger partial charge >= 0.3 is 5.97 Å². The number of esters is 1. The van der Waals surface area contributed by atoms with E-state index >= 15 is 0 Å². The van der Waals surface area contributed by atoms with E-state index in [2.05, 4.69) is 26.0 Å². The normalized spacial score (nSPS) is 18.2. The van der Waals surface area contributed by atoms with E-state index in [0.717, 1.165) is 11.1 Å². The Morgan fingerprint density at radius 2 is 2.00 bits per heavy atom. The highest BCUT2D eigenvalue weighted by Gasteiger charge is 2.28. The lowest BCUT2D eigenvalue weighted by Gasteiger charge is -2.19. The van der Waals surface area contributed by atoms with Crippen LogP contribution in [-0.2, 0) is 9.53 Å². The molecule has 0 N–H and O–H groups in total. The van der Waals surface area contributed by atoms with Gasteiger partial charge in [-0.3, -0.25) is 4.79 Å². The van der Waals surface area contributed by atoms with Crippen LogP contribution in [0.15, 0.2) is 29.8 Å². The van der Waals surface area contributed by atoms with Crippen molar-refractivity contribution in [3.8, 4) is 0 Å². The Balaban J connectivity index is 2.39. The van der Waals surface area contributed by atoms with E-state index in [1.807, 2.05) is 18.2 Å². The van der Waals surface area contributed by atoms with E-state index in [1.165, 1.54) is 12.5 Å². The molecular weight excluding hydrogens is 200 g/mol. The second-order valence-electron chi connectivity index (χ2n) is 4.42. The highest BCUT2D eigenvalue weighted by molar-refractivity contribution is 5.71. The van der Waals surface area contributed by atoms with Gasteiger partial charge in [0.2, 0.25) is 0 Å². The highest BCUT2D eigenvalue weighted by Crippen LogP contribution is 2.40. The molecule has 0 saturated carbocycles. The molecule has 16 heavy (non-hydrogen) atoms. The van der Waals surface area contributed by atoms with E-state index in [-0.39, 0.29) is 12.1 Å². The van der Waals surface area contributed by atoms with Gasteiger partial charge in [-0.1, -0.05) is 44.2 Å². The van der Waals surface area contributed by atoms with Crippen LogP contribution in [0.1, 0.15) is 38.0 Å². The topological polar surface area (TPSA) is 26.3 Å². The molecule has 0 heterocycles. The summed E-state index contributed by atoms with van der Waals surface area (Å²) in [6, 6.07) is 8.06. The summed E-state index contributed by atoms with van der Waals surface area (Å²) in [5.41, 5.74) is 3.44. The fourth-order valence-electron chi connectivity index (χ4n) is 2.08. The van der Waals surface area contributed by atoms with Crippen LogP contribution < -0.4 is 0 Å². The summed E-state index contributed by atoms with van der Waals surface area (Å²) in [5.74, 6) is 0.157.